The van der Waals surface area contributed by atoms with Crippen molar-refractivity contribution in [1.29, 1.82) is 0 Å². The van der Waals surface area contributed by atoms with Crippen molar-refractivity contribution in [3.05, 3.63) is 102 Å². The first-order chi connectivity index (χ1) is 16.2. The number of methoxy groups -OCH3 is 1. The van der Waals surface area contributed by atoms with Crippen molar-refractivity contribution in [3.63, 3.8) is 0 Å². The first-order valence-electron chi connectivity index (χ1n) is 10.5. The quantitative estimate of drug-likeness (QED) is 0.293. The molecular formula is C27H21N3O2S. The first-order valence-corrected chi connectivity index (χ1v) is 11.3. The summed E-state index contributed by atoms with van der Waals surface area (Å²) in [7, 11) is 1.64. The molecule has 0 atom stereocenters. The van der Waals surface area contributed by atoms with Crippen molar-refractivity contribution in [2.24, 2.45) is 0 Å². The van der Waals surface area contributed by atoms with Gasteiger partial charge in [-0.05, 0) is 41.1 Å². The zero-order valence-corrected chi connectivity index (χ0v) is 18.7. The predicted molar refractivity (Wildman–Crippen MR) is 136 cm³/mol. The average Bonchev–Trinajstić information content (AvgIpc) is 3.33. The Morgan fingerprint density at radius 2 is 1.70 bits per heavy atom. The van der Waals surface area contributed by atoms with Gasteiger partial charge in [-0.15, -0.1) is 11.3 Å². The van der Waals surface area contributed by atoms with Gasteiger partial charge in [-0.25, -0.2) is 4.98 Å². The Morgan fingerprint density at radius 3 is 2.61 bits per heavy atom. The molecule has 0 aliphatic rings. The lowest BCUT2D eigenvalue weighted by Crippen LogP contribution is -2.12. The maximum Gasteiger partial charge on any atom is 0.256 e. The van der Waals surface area contributed by atoms with Crippen LogP contribution in [0.5, 0.6) is 5.75 Å². The summed E-state index contributed by atoms with van der Waals surface area (Å²) in [6.45, 7) is 0. The molecule has 0 unspecified atom stereocenters. The van der Waals surface area contributed by atoms with Crippen molar-refractivity contribution in [2.75, 3.05) is 17.7 Å². The van der Waals surface area contributed by atoms with Gasteiger partial charge >= 0.3 is 0 Å². The average molecular weight is 452 g/mol. The molecule has 6 heteroatoms. The number of carbonyl (C=O) groups excluding carboxylic acids is 1. The molecule has 0 aliphatic carbocycles. The third-order valence-electron chi connectivity index (χ3n) is 5.30. The normalized spacial score (nSPS) is 10.7. The van der Waals surface area contributed by atoms with Gasteiger partial charge in [0.1, 0.15) is 5.75 Å². The van der Waals surface area contributed by atoms with E-state index >= 15 is 0 Å². The Morgan fingerprint density at radius 1 is 0.909 bits per heavy atom. The number of anilines is 3. The van der Waals surface area contributed by atoms with Crippen molar-refractivity contribution < 1.29 is 9.53 Å². The highest BCUT2D eigenvalue weighted by Crippen LogP contribution is 2.32. The predicted octanol–water partition coefficient (Wildman–Crippen LogP) is 6.97. The lowest BCUT2D eigenvalue weighted by atomic mass is 10.0. The molecule has 162 valence electrons. The van der Waals surface area contributed by atoms with Crippen molar-refractivity contribution in [2.45, 2.75) is 0 Å². The summed E-state index contributed by atoms with van der Waals surface area (Å²) in [6.07, 6.45) is 0. The van der Waals surface area contributed by atoms with Crippen molar-refractivity contribution in [3.8, 4) is 17.0 Å². The molecule has 4 aromatic carbocycles. The summed E-state index contributed by atoms with van der Waals surface area (Å²) in [4.78, 5) is 17.7. The molecule has 0 saturated carbocycles. The molecule has 0 saturated heterocycles. The number of hydrogen-bond acceptors (Lipinski definition) is 5. The molecular weight excluding hydrogens is 430 g/mol. The summed E-state index contributed by atoms with van der Waals surface area (Å²) in [6, 6.07) is 29.1. The van der Waals surface area contributed by atoms with E-state index in [2.05, 4.69) is 10.6 Å². The van der Waals surface area contributed by atoms with Gasteiger partial charge in [-0.2, -0.15) is 0 Å². The second kappa shape index (κ2) is 9.14. The highest BCUT2D eigenvalue weighted by molar-refractivity contribution is 7.14. The monoisotopic (exact) mass is 451 g/mol. The number of benzene rings is 4. The van der Waals surface area contributed by atoms with Crippen LogP contribution in [0.15, 0.2) is 96.4 Å². The highest BCUT2D eigenvalue weighted by atomic mass is 32.1. The van der Waals surface area contributed by atoms with Gasteiger partial charge in [-0.1, -0.05) is 60.7 Å². The number of hydrogen-bond donors (Lipinski definition) is 2. The Balaban J connectivity index is 1.36. The molecule has 2 N–H and O–H groups in total. The van der Waals surface area contributed by atoms with E-state index < -0.39 is 0 Å². The van der Waals surface area contributed by atoms with E-state index in [0.29, 0.717) is 5.56 Å². The zero-order chi connectivity index (χ0) is 22.6. The number of carbonyl (C=O) groups is 1. The molecule has 0 radical (unpaired) electrons. The van der Waals surface area contributed by atoms with Crippen LogP contribution in [0, 0.1) is 0 Å². The number of ether oxygens (including phenoxy) is 1. The Labute approximate surface area is 195 Å². The molecule has 33 heavy (non-hydrogen) atoms. The van der Waals surface area contributed by atoms with Gasteiger partial charge in [0.05, 0.1) is 18.5 Å². The van der Waals surface area contributed by atoms with Crippen LogP contribution in [0.1, 0.15) is 10.4 Å². The van der Waals surface area contributed by atoms with Crippen LogP contribution in [-0.2, 0) is 0 Å². The first kappa shape index (κ1) is 20.7. The van der Waals surface area contributed by atoms with Crippen LogP contribution in [0.2, 0.25) is 0 Å². The minimum Gasteiger partial charge on any atom is -0.495 e. The Kier molecular flexibility index (Phi) is 5.74. The molecule has 5 aromatic rings. The molecule has 0 fully saturated rings. The number of thiazole rings is 1. The molecule has 1 amide bonds. The summed E-state index contributed by atoms with van der Waals surface area (Å²) < 4.78 is 5.40. The number of amides is 1. The Hall–Kier alpha value is -4.16. The SMILES string of the molecule is COc1ccccc1Nc1nc(-c2cccc(NC(=O)c3cccc4ccccc34)c2)cs1. The maximum absolute atomic E-state index is 13.0. The fourth-order valence-corrected chi connectivity index (χ4v) is 4.44. The summed E-state index contributed by atoms with van der Waals surface area (Å²) in [5, 5.41) is 11.1. The van der Waals surface area contributed by atoms with Gasteiger partial charge in [0.25, 0.3) is 5.91 Å². The fraction of sp³-hybridized carbons (Fsp3) is 0.0370. The number of fused-ring (bicyclic) bond motifs is 1. The van der Waals surface area contributed by atoms with Gasteiger partial charge in [0, 0.05) is 22.2 Å². The van der Waals surface area contributed by atoms with E-state index in [1.54, 1.807) is 7.11 Å². The molecule has 1 aromatic heterocycles. The van der Waals surface area contributed by atoms with E-state index in [0.717, 1.165) is 44.3 Å². The summed E-state index contributed by atoms with van der Waals surface area (Å²) in [5.41, 5.74) is 3.99. The lowest BCUT2D eigenvalue weighted by Gasteiger charge is -2.09. The van der Waals surface area contributed by atoms with Crippen molar-refractivity contribution >= 4 is 44.5 Å². The van der Waals surface area contributed by atoms with E-state index in [1.165, 1.54) is 11.3 Å². The molecule has 5 rings (SSSR count). The van der Waals surface area contributed by atoms with Crippen LogP contribution >= 0.6 is 11.3 Å². The second-order valence-corrected chi connectivity index (χ2v) is 8.28. The summed E-state index contributed by atoms with van der Waals surface area (Å²) in [5.74, 6) is 0.619. The number of rotatable bonds is 6. The van der Waals surface area contributed by atoms with Crippen LogP contribution in [0.4, 0.5) is 16.5 Å². The number of nitrogens with one attached hydrogen (secondary N) is 2. The van der Waals surface area contributed by atoms with Gasteiger partial charge in [-0.3, -0.25) is 4.79 Å². The van der Waals surface area contributed by atoms with Crippen LogP contribution < -0.4 is 15.4 Å². The zero-order valence-electron chi connectivity index (χ0n) is 17.9. The van der Waals surface area contributed by atoms with Crippen LogP contribution in [0.3, 0.4) is 0 Å². The topological polar surface area (TPSA) is 63.2 Å². The Bertz CT molecular complexity index is 1440. The molecule has 0 spiro atoms. The minimum atomic E-state index is -0.138. The number of para-hydroxylation sites is 2. The smallest absolute Gasteiger partial charge is 0.256 e. The van der Waals surface area contributed by atoms with E-state index in [4.69, 9.17) is 9.72 Å². The molecule has 0 bridgehead atoms. The molecule has 5 nitrogen and oxygen atoms in total. The summed E-state index contributed by atoms with van der Waals surface area (Å²) >= 11 is 1.51. The van der Waals surface area contributed by atoms with E-state index in [-0.39, 0.29) is 5.91 Å². The largest absolute Gasteiger partial charge is 0.495 e. The second-order valence-electron chi connectivity index (χ2n) is 7.42. The van der Waals surface area contributed by atoms with Gasteiger partial charge in [0.15, 0.2) is 5.13 Å². The standard InChI is InChI=1S/C27H21N3O2S/c1-32-25-15-5-4-14-23(25)29-27-30-24(17-33-27)19-10-6-11-20(16-19)28-26(31)22-13-7-9-18-8-2-3-12-21(18)22/h2-17H,1H3,(H,28,31)(H,29,30). The van der Waals surface area contributed by atoms with Crippen molar-refractivity contribution in [1.82, 2.24) is 4.98 Å². The lowest BCUT2D eigenvalue weighted by molar-refractivity contribution is 0.102. The van der Waals surface area contributed by atoms with E-state index in [1.807, 2.05) is 96.4 Å². The van der Waals surface area contributed by atoms with Crippen LogP contribution in [0.25, 0.3) is 22.0 Å². The third kappa shape index (κ3) is 4.42. The van der Waals surface area contributed by atoms with E-state index in [9.17, 15) is 4.79 Å². The third-order valence-corrected chi connectivity index (χ3v) is 6.06. The maximum atomic E-state index is 13.0. The molecule has 0 aliphatic heterocycles. The van der Waals surface area contributed by atoms with Gasteiger partial charge < -0.3 is 15.4 Å². The highest BCUT2D eigenvalue weighted by Gasteiger charge is 2.12. The minimum absolute atomic E-state index is 0.138. The fourth-order valence-electron chi connectivity index (χ4n) is 3.70. The number of aromatic nitrogens is 1. The van der Waals surface area contributed by atoms with Crippen LogP contribution in [-0.4, -0.2) is 18.0 Å². The molecule has 1 heterocycles. The van der Waals surface area contributed by atoms with Gasteiger partial charge in [0.2, 0.25) is 0 Å². The number of nitrogens with zero attached hydrogens (tertiary/aromatic N) is 1.